The van der Waals surface area contributed by atoms with Crippen LogP contribution in [0.1, 0.15) is 13.3 Å². The van der Waals surface area contributed by atoms with Gasteiger partial charge in [0.2, 0.25) is 0 Å². The first-order valence-corrected chi connectivity index (χ1v) is 6.03. The highest BCUT2D eigenvalue weighted by Gasteiger charge is 2.04. The summed E-state index contributed by atoms with van der Waals surface area (Å²) >= 11 is 1.73. The third-order valence-electron chi connectivity index (χ3n) is 2.08. The highest BCUT2D eigenvalue weighted by molar-refractivity contribution is 7.98. The van der Waals surface area contributed by atoms with E-state index in [1.54, 1.807) is 11.8 Å². The van der Waals surface area contributed by atoms with E-state index in [0.717, 1.165) is 12.2 Å². The predicted octanol–water partition coefficient (Wildman–Crippen LogP) is 2.52. The van der Waals surface area contributed by atoms with Gasteiger partial charge in [-0.3, -0.25) is 0 Å². The molecular formula is C11H17NOS. The molecule has 0 amide bonds. The van der Waals surface area contributed by atoms with Crippen LogP contribution in [0.15, 0.2) is 29.2 Å². The third-order valence-corrected chi connectivity index (χ3v) is 2.82. The van der Waals surface area contributed by atoms with Crippen LogP contribution < -0.4 is 10.5 Å². The van der Waals surface area contributed by atoms with Crippen molar-refractivity contribution in [2.75, 3.05) is 12.8 Å². The van der Waals surface area contributed by atoms with E-state index in [9.17, 15) is 0 Å². The first-order chi connectivity index (χ1) is 6.80. The predicted molar refractivity (Wildman–Crippen MR) is 62.0 cm³/mol. The molecule has 0 aromatic heterocycles. The molecule has 1 unspecified atom stereocenters. The second kappa shape index (κ2) is 5.94. The van der Waals surface area contributed by atoms with E-state index in [4.69, 9.17) is 10.5 Å². The Kier molecular flexibility index (Phi) is 4.84. The molecular weight excluding hydrogens is 194 g/mol. The largest absolute Gasteiger partial charge is 0.489 e. The van der Waals surface area contributed by atoms with Crippen molar-refractivity contribution in [1.29, 1.82) is 0 Å². The topological polar surface area (TPSA) is 35.2 Å². The molecule has 0 aliphatic rings. The number of benzene rings is 1. The fourth-order valence-corrected chi connectivity index (χ4v) is 1.55. The molecule has 0 spiro atoms. The third kappa shape index (κ3) is 3.24. The van der Waals surface area contributed by atoms with Crippen molar-refractivity contribution in [2.24, 2.45) is 5.73 Å². The van der Waals surface area contributed by atoms with Crippen LogP contribution in [0.2, 0.25) is 0 Å². The Morgan fingerprint density at radius 1 is 1.36 bits per heavy atom. The Bertz CT molecular complexity index is 256. The van der Waals surface area contributed by atoms with Crippen molar-refractivity contribution in [3.05, 3.63) is 24.3 Å². The summed E-state index contributed by atoms with van der Waals surface area (Å²) in [6.07, 6.45) is 3.14. The first-order valence-electron chi connectivity index (χ1n) is 4.81. The number of ether oxygens (including phenoxy) is 1. The molecule has 0 aliphatic carbocycles. The Labute approximate surface area is 89.8 Å². The zero-order chi connectivity index (χ0) is 10.4. The van der Waals surface area contributed by atoms with E-state index in [1.807, 2.05) is 12.1 Å². The van der Waals surface area contributed by atoms with Gasteiger partial charge in [-0.1, -0.05) is 6.92 Å². The van der Waals surface area contributed by atoms with Crippen LogP contribution in [0.5, 0.6) is 5.75 Å². The summed E-state index contributed by atoms with van der Waals surface area (Å²) in [5.74, 6) is 0.903. The average Bonchev–Trinajstić information content (AvgIpc) is 2.26. The summed E-state index contributed by atoms with van der Waals surface area (Å²) in [7, 11) is 0. The minimum absolute atomic E-state index is 0.134. The quantitative estimate of drug-likeness (QED) is 0.760. The maximum absolute atomic E-state index is 5.68. The molecule has 0 radical (unpaired) electrons. The summed E-state index contributed by atoms with van der Waals surface area (Å²) in [6, 6.07) is 8.10. The lowest BCUT2D eigenvalue weighted by atomic mass is 10.2. The lowest BCUT2D eigenvalue weighted by Gasteiger charge is -2.15. The SMILES string of the molecule is CCC(CN)Oc1ccc(SC)cc1. The van der Waals surface area contributed by atoms with Crippen molar-refractivity contribution in [3.63, 3.8) is 0 Å². The molecule has 1 aromatic rings. The standard InChI is InChI=1S/C11H17NOS/c1-3-9(8-12)13-10-4-6-11(14-2)7-5-10/h4-7,9H,3,8,12H2,1-2H3. The van der Waals surface area contributed by atoms with Crippen LogP contribution in [-0.2, 0) is 0 Å². The Hall–Kier alpha value is -0.670. The van der Waals surface area contributed by atoms with Crippen LogP contribution in [0.4, 0.5) is 0 Å². The van der Waals surface area contributed by atoms with Crippen LogP contribution in [-0.4, -0.2) is 18.9 Å². The fourth-order valence-electron chi connectivity index (χ4n) is 1.14. The molecule has 0 fully saturated rings. The molecule has 3 heteroatoms. The molecule has 78 valence electrons. The maximum Gasteiger partial charge on any atom is 0.119 e. The lowest BCUT2D eigenvalue weighted by molar-refractivity contribution is 0.205. The highest BCUT2D eigenvalue weighted by Crippen LogP contribution is 2.19. The zero-order valence-corrected chi connectivity index (χ0v) is 9.51. The normalized spacial score (nSPS) is 12.5. The van der Waals surface area contributed by atoms with Gasteiger partial charge in [0.05, 0.1) is 0 Å². The van der Waals surface area contributed by atoms with Gasteiger partial charge in [-0.25, -0.2) is 0 Å². The minimum Gasteiger partial charge on any atom is -0.489 e. The van der Waals surface area contributed by atoms with E-state index in [-0.39, 0.29) is 6.10 Å². The molecule has 0 saturated heterocycles. The molecule has 0 saturated carbocycles. The Balaban J connectivity index is 2.58. The zero-order valence-electron chi connectivity index (χ0n) is 8.69. The van der Waals surface area contributed by atoms with Crippen molar-refractivity contribution in [3.8, 4) is 5.75 Å². The molecule has 0 bridgehead atoms. The van der Waals surface area contributed by atoms with Gasteiger partial charge in [-0.05, 0) is 36.9 Å². The van der Waals surface area contributed by atoms with Crippen LogP contribution in [0.25, 0.3) is 0 Å². The maximum atomic E-state index is 5.68. The monoisotopic (exact) mass is 211 g/mol. The van der Waals surface area contributed by atoms with Gasteiger partial charge in [0.15, 0.2) is 0 Å². The van der Waals surface area contributed by atoms with E-state index < -0.39 is 0 Å². The van der Waals surface area contributed by atoms with Gasteiger partial charge in [-0.2, -0.15) is 0 Å². The van der Waals surface area contributed by atoms with Crippen molar-refractivity contribution in [2.45, 2.75) is 24.3 Å². The molecule has 1 rings (SSSR count). The molecule has 0 aliphatic heterocycles. The van der Waals surface area contributed by atoms with E-state index in [0.29, 0.717) is 6.54 Å². The highest BCUT2D eigenvalue weighted by atomic mass is 32.2. The second-order valence-corrected chi connectivity index (χ2v) is 3.94. The summed E-state index contributed by atoms with van der Waals surface area (Å²) in [5, 5.41) is 0. The lowest BCUT2D eigenvalue weighted by Crippen LogP contribution is -2.25. The number of hydrogen-bond acceptors (Lipinski definition) is 3. The van der Waals surface area contributed by atoms with Crippen LogP contribution in [0, 0.1) is 0 Å². The number of thioether (sulfide) groups is 1. The van der Waals surface area contributed by atoms with Crippen molar-refractivity contribution < 1.29 is 4.74 Å². The van der Waals surface area contributed by atoms with Gasteiger partial charge >= 0.3 is 0 Å². The number of nitrogens with two attached hydrogens (primary N) is 1. The van der Waals surface area contributed by atoms with Crippen LogP contribution >= 0.6 is 11.8 Å². The summed E-state index contributed by atoms with van der Waals surface area (Å²) in [4.78, 5) is 1.25. The summed E-state index contributed by atoms with van der Waals surface area (Å²) in [5.41, 5.74) is 5.56. The smallest absolute Gasteiger partial charge is 0.119 e. The minimum atomic E-state index is 0.134. The fraction of sp³-hybridized carbons (Fsp3) is 0.455. The van der Waals surface area contributed by atoms with Gasteiger partial charge in [0, 0.05) is 11.4 Å². The summed E-state index contributed by atoms with van der Waals surface area (Å²) in [6.45, 7) is 2.65. The molecule has 1 aromatic carbocycles. The average molecular weight is 211 g/mol. The van der Waals surface area contributed by atoms with E-state index in [1.165, 1.54) is 4.90 Å². The Morgan fingerprint density at radius 3 is 2.43 bits per heavy atom. The summed E-state index contributed by atoms with van der Waals surface area (Å²) < 4.78 is 5.68. The van der Waals surface area contributed by atoms with E-state index >= 15 is 0 Å². The number of rotatable bonds is 5. The van der Waals surface area contributed by atoms with Crippen molar-refractivity contribution >= 4 is 11.8 Å². The second-order valence-electron chi connectivity index (χ2n) is 3.06. The van der Waals surface area contributed by atoms with Gasteiger partial charge in [0.25, 0.3) is 0 Å². The van der Waals surface area contributed by atoms with Gasteiger partial charge in [-0.15, -0.1) is 11.8 Å². The molecule has 2 nitrogen and oxygen atoms in total. The van der Waals surface area contributed by atoms with Gasteiger partial charge < -0.3 is 10.5 Å². The molecule has 2 N–H and O–H groups in total. The number of hydrogen-bond donors (Lipinski definition) is 1. The first kappa shape index (κ1) is 11.4. The van der Waals surface area contributed by atoms with Crippen LogP contribution in [0.3, 0.4) is 0 Å². The Morgan fingerprint density at radius 2 is 2.00 bits per heavy atom. The molecule has 0 heterocycles. The van der Waals surface area contributed by atoms with Gasteiger partial charge in [0.1, 0.15) is 11.9 Å². The molecule has 14 heavy (non-hydrogen) atoms. The molecule has 1 atom stereocenters. The van der Waals surface area contributed by atoms with Crippen molar-refractivity contribution in [1.82, 2.24) is 0 Å². The van der Waals surface area contributed by atoms with E-state index in [2.05, 4.69) is 25.3 Å².